The first kappa shape index (κ1) is 21.1. The molecule has 0 saturated heterocycles. The highest BCUT2D eigenvalue weighted by Crippen LogP contribution is 2.38. The monoisotopic (exact) mass is 391 g/mol. The van der Waals surface area contributed by atoms with E-state index in [-0.39, 0.29) is 17.9 Å². The second-order valence-corrected chi connectivity index (χ2v) is 8.82. The molecule has 1 aromatic carbocycles. The molecule has 0 aliphatic carbocycles. The third-order valence-electron chi connectivity index (χ3n) is 3.98. The maximum absolute atomic E-state index is 13.1. The summed E-state index contributed by atoms with van der Waals surface area (Å²) < 4.78 is 18.2. The largest absolute Gasteiger partial charge is 0.462 e. The van der Waals surface area contributed by atoms with Crippen molar-refractivity contribution in [3.63, 3.8) is 0 Å². The molecule has 1 N–H and O–H groups in total. The minimum absolute atomic E-state index is 0.144. The Hall–Kier alpha value is -2.21. The highest BCUT2D eigenvalue weighted by molar-refractivity contribution is 7.16. The van der Waals surface area contributed by atoms with E-state index in [4.69, 9.17) is 4.74 Å². The normalized spacial score (nSPS) is 12.5. The van der Waals surface area contributed by atoms with Crippen LogP contribution in [0.1, 0.15) is 72.6 Å². The molecule has 0 radical (unpaired) electrons. The summed E-state index contributed by atoms with van der Waals surface area (Å²) in [4.78, 5) is 25.8. The third kappa shape index (κ3) is 5.89. The molecule has 146 valence electrons. The van der Waals surface area contributed by atoms with Gasteiger partial charge in [-0.1, -0.05) is 27.7 Å². The van der Waals surface area contributed by atoms with E-state index in [2.05, 4.69) is 33.0 Å². The molecule has 0 bridgehead atoms. The van der Waals surface area contributed by atoms with Crippen LogP contribution in [0.3, 0.4) is 0 Å². The van der Waals surface area contributed by atoms with E-state index in [0.29, 0.717) is 16.1 Å². The van der Waals surface area contributed by atoms with Crippen LogP contribution in [-0.2, 0) is 4.74 Å². The molecule has 0 saturated carbocycles. The predicted octanol–water partition coefficient (Wildman–Crippen LogP) is 5.86. The number of hydrogen-bond donors (Lipinski definition) is 1. The fourth-order valence-corrected chi connectivity index (χ4v) is 3.99. The van der Waals surface area contributed by atoms with Gasteiger partial charge in [0.2, 0.25) is 0 Å². The number of thiophene rings is 1. The number of hydrogen-bond acceptors (Lipinski definition) is 4. The van der Waals surface area contributed by atoms with Crippen molar-refractivity contribution in [1.82, 2.24) is 0 Å². The lowest BCUT2D eigenvalue weighted by Crippen LogP contribution is -2.14. The van der Waals surface area contributed by atoms with Gasteiger partial charge >= 0.3 is 5.97 Å². The molecule has 0 spiro atoms. The van der Waals surface area contributed by atoms with E-state index in [0.717, 1.165) is 11.3 Å². The SMILES string of the molecule is CCOC(=O)c1cc([C@H](C)CC(C)(C)C)sc1NC(=O)c1ccc(F)cc1. The van der Waals surface area contributed by atoms with E-state index in [1.54, 1.807) is 13.0 Å². The van der Waals surface area contributed by atoms with E-state index in [1.165, 1.54) is 35.6 Å². The summed E-state index contributed by atoms with van der Waals surface area (Å²) in [5, 5.41) is 3.24. The van der Waals surface area contributed by atoms with Gasteiger partial charge in [-0.05, 0) is 55.0 Å². The minimum atomic E-state index is -0.461. The summed E-state index contributed by atoms with van der Waals surface area (Å²) in [7, 11) is 0. The van der Waals surface area contributed by atoms with Gasteiger partial charge in [-0.25, -0.2) is 9.18 Å². The van der Waals surface area contributed by atoms with Crippen LogP contribution in [-0.4, -0.2) is 18.5 Å². The van der Waals surface area contributed by atoms with Crippen molar-refractivity contribution in [2.45, 2.75) is 47.0 Å². The van der Waals surface area contributed by atoms with Crippen molar-refractivity contribution in [2.75, 3.05) is 11.9 Å². The van der Waals surface area contributed by atoms with Crippen LogP contribution in [0.4, 0.5) is 9.39 Å². The molecule has 4 nitrogen and oxygen atoms in total. The first-order valence-electron chi connectivity index (χ1n) is 8.98. The summed E-state index contributed by atoms with van der Waals surface area (Å²) in [6, 6.07) is 7.08. The molecule has 0 aliphatic rings. The molecule has 0 fully saturated rings. The molecule has 27 heavy (non-hydrogen) atoms. The van der Waals surface area contributed by atoms with Crippen molar-refractivity contribution in [3.8, 4) is 0 Å². The Kier molecular flexibility index (Phi) is 6.76. The van der Waals surface area contributed by atoms with Gasteiger partial charge in [0, 0.05) is 10.4 Å². The first-order valence-corrected chi connectivity index (χ1v) is 9.80. The van der Waals surface area contributed by atoms with Crippen molar-refractivity contribution in [3.05, 3.63) is 52.2 Å². The van der Waals surface area contributed by atoms with E-state index >= 15 is 0 Å². The molecule has 0 unspecified atom stereocenters. The molecule has 2 aromatic rings. The molecule has 1 amide bonds. The van der Waals surface area contributed by atoms with Crippen molar-refractivity contribution in [2.24, 2.45) is 5.41 Å². The van der Waals surface area contributed by atoms with Crippen LogP contribution in [0.2, 0.25) is 0 Å². The number of ether oxygens (including phenoxy) is 1. The summed E-state index contributed by atoms with van der Waals surface area (Å²) in [6.45, 7) is 10.6. The van der Waals surface area contributed by atoms with Crippen LogP contribution >= 0.6 is 11.3 Å². The van der Waals surface area contributed by atoms with Crippen molar-refractivity contribution in [1.29, 1.82) is 0 Å². The zero-order valence-corrected chi connectivity index (χ0v) is 17.2. The summed E-state index contributed by atoms with van der Waals surface area (Å²) in [5.74, 6) is -1.03. The van der Waals surface area contributed by atoms with Gasteiger partial charge in [-0.2, -0.15) is 0 Å². The van der Waals surface area contributed by atoms with Gasteiger partial charge < -0.3 is 10.1 Å². The molecule has 1 heterocycles. The Morgan fingerprint density at radius 3 is 2.41 bits per heavy atom. The first-order chi connectivity index (χ1) is 12.6. The smallest absolute Gasteiger partial charge is 0.341 e. The maximum atomic E-state index is 13.1. The quantitative estimate of drug-likeness (QED) is 0.628. The van der Waals surface area contributed by atoms with Gasteiger partial charge in [0.25, 0.3) is 5.91 Å². The molecule has 2 rings (SSSR count). The average molecular weight is 392 g/mol. The Labute approximate surface area is 163 Å². The lowest BCUT2D eigenvalue weighted by Gasteiger charge is -2.22. The number of halogens is 1. The van der Waals surface area contributed by atoms with Gasteiger partial charge in [-0.15, -0.1) is 11.3 Å². The number of nitrogens with one attached hydrogen (secondary N) is 1. The lowest BCUT2D eigenvalue weighted by molar-refractivity contribution is 0.0528. The van der Waals surface area contributed by atoms with E-state index in [9.17, 15) is 14.0 Å². The topological polar surface area (TPSA) is 55.4 Å². The standard InChI is InChI=1S/C21H26FNO3S/c1-6-26-20(25)16-11-17(13(2)12-21(3,4)5)27-19(16)23-18(24)14-7-9-15(22)10-8-14/h7-11,13H,6,12H2,1-5H3,(H,23,24)/t13-/m1/s1. The molecule has 6 heteroatoms. The van der Waals surface area contributed by atoms with Gasteiger partial charge in [0.15, 0.2) is 0 Å². The second kappa shape index (κ2) is 8.65. The van der Waals surface area contributed by atoms with Crippen LogP contribution in [0.25, 0.3) is 0 Å². The van der Waals surface area contributed by atoms with Gasteiger partial charge in [0.1, 0.15) is 10.8 Å². The highest BCUT2D eigenvalue weighted by Gasteiger charge is 2.24. The third-order valence-corrected chi connectivity index (χ3v) is 5.27. The summed E-state index contributed by atoms with van der Waals surface area (Å²) in [5.41, 5.74) is 0.822. The number of esters is 1. The van der Waals surface area contributed by atoms with Crippen molar-refractivity contribution >= 4 is 28.2 Å². The Morgan fingerprint density at radius 1 is 1.22 bits per heavy atom. The molecule has 0 aliphatic heterocycles. The number of amides is 1. The predicted molar refractivity (Wildman–Crippen MR) is 107 cm³/mol. The Balaban J connectivity index is 2.30. The molecular weight excluding hydrogens is 365 g/mol. The lowest BCUT2D eigenvalue weighted by atomic mass is 9.85. The Morgan fingerprint density at radius 2 is 1.85 bits per heavy atom. The van der Waals surface area contributed by atoms with Gasteiger partial charge in [0.05, 0.1) is 12.2 Å². The number of carbonyl (C=O) groups excluding carboxylic acids is 2. The van der Waals surface area contributed by atoms with Gasteiger partial charge in [-0.3, -0.25) is 4.79 Å². The number of carbonyl (C=O) groups is 2. The zero-order valence-electron chi connectivity index (χ0n) is 16.4. The van der Waals surface area contributed by atoms with Crippen molar-refractivity contribution < 1.29 is 18.7 Å². The Bertz CT molecular complexity index is 806. The van der Waals surface area contributed by atoms with Crippen LogP contribution in [0.15, 0.2) is 30.3 Å². The summed E-state index contributed by atoms with van der Waals surface area (Å²) in [6.07, 6.45) is 0.946. The van der Waals surface area contributed by atoms with E-state index in [1.807, 2.05) is 0 Å². The molecular formula is C21H26FNO3S. The highest BCUT2D eigenvalue weighted by atomic mass is 32.1. The summed E-state index contributed by atoms with van der Waals surface area (Å²) >= 11 is 1.38. The molecule has 1 aromatic heterocycles. The maximum Gasteiger partial charge on any atom is 0.341 e. The minimum Gasteiger partial charge on any atom is -0.462 e. The average Bonchev–Trinajstić information content (AvgIpc) is 2.98. The second-order valence-electron chi connectivity index (χ2n) is 7.74. The van der Waals surface area contributed by atoms with Crippen LogP contribution in [0, 0.1) is 11.2 Å². The van der Waals surface area contributed by atoms with Crippen LogP contribution in [0.5, 0.6) is 0 Å². The van der Waals surface area contributed by atoms with Crippen LogP contribution < -0.4 is 5.32 Å². The fourth-order valence-electron chi connectivity index (χ4n) is 2.90. The number of rotatable bonds is 6. The number of benzene rings is 1. The molecule has 1 atom stereocenters. The fraction of sp³-hybridized carbons (Fsp3) is 0.429. The zero-order chi connectivity index (χ0) is 20.2. The van der Waals surface area contributed by atoms with E-state index < -0.39 is 17.7 Å². The number of anilines is 1.